The van der Waals surface area contributed by atoms with Crippen molar-refractivity contribution >= 4 is 35.8 Å². The molecule has 0 aliphatic carbocycles. The molecule has 0 saturated heterocycles. The van der Waals surface area contributed by atoms with Gasteiger partial charge in [-0.1, -0.05) is 0 Å². The molecule has 0 atom stereocenters. The molecule has 0 aliphatic rings. The molecule has 0 aromatic rings. The van der Waals surface area contributed by atoms with Gasteiger partial charge in [0.25, 0.3) is 0 Å². The number of carbonyl (C=O) groups excluding carboxylic acids is 1. The summed E-state index contributed by atoms with van der Waals surface area (Å²) in [6.45, 7) is 11.2. The van der Waals surface area contributed by atoms with Crippen LogP contribution < -0.4 is 16.4 Å². The lowest BCUT2D eigenvalue weighted by atomic mass is 9.93. The van der Waals surface area contributed by atoms with Crippen molar-refractivity contribution < 1.29 is 9.53 Å². The van der Waals surface area contributed by atoms with Crippen LogP contribution in [0.3, 0.4) is 0 Å². The maximum atomic E-state index is 11.3. The summed E-state index contributed by atoms with van der Waals surface area (Å²) in [6, 6.07) is 0. The number of nitrogens with two attached hydrogens (primary N) is 1. The van der Waals surface area contributed by atoms with Gasteiger partial charge in [0.1, 0.15) is 0 Å². The highest BCUT2D eigenvalue weighted by molar-refractivity contribution is 14.0. The van der Waals surface area contributed by atoms with Gasteiger partial charge in [0.15, 0.2) is 5.96 Å². The summed E-state index contributed by atoms with van der Waals surface area (Å²) in [4.78, 5) is 15.7. The van der Waals surface area contributed by atoms with Crippen LogP contribution in [0.15, 0.2) is 4.99 Å². The van der Waals surface area contributed by atoms with E-state index in [0.717, 1.165) is 6.54 Å². The predicted octanol–water partition coefficient (Wildman–Crippen LogP) is 1.10. The van der Waals surface area contributed by atoms with Gasteiger partial charge in [0.05, 0.1) is 17.6 Å². The maximum absolute atomic E-state index is 11.3. The van der Waals surface area contributed by atoms with Gasteiger partial charge in [0, 0.05) is 20.2 Å². The lowest BCUT2D eigenvalue weighted by Crippen LogP contribution is -2.47. The van der Waals surface area contributed by atoms with E-state index in [1.807, 2.05) is 20.8 Å². The summed E-state index contributed by atoms with van der Waals surface area (Å²) in [5.41, 5.74) is 4.40. The van der Waals surface area contributed by atoms with Crippen molar-refractivity contribution in [3.63, 3.8) is 0 Å². The zero-order chi connectivity index (χ0) is 15.1. The van der Waals surface area contributed by atoms with E-state index in [0.29, 0.717) is 19.0 Å². The molecule has 0 saturated carbocycles. The Hall–Kier alpha value is -0.570. The van der Waals surface area contributed by atoms with Crippen molar-refractivity contribution in [3.05, 3.63) is 0 Å². The summed E-state index contributed by atoms with van der Waals surface area (Å²) in [5, 5.41) is 6.24. The van der Waals surface area contributed by atoms with Crippen molar-refractivity contribution in [3.8, 4) is 0 Å². The highest BCUT2D eigenvalue weighted by Crippen LogP contribution is 2.12. The van der Waals surface area contributed by atoms with E-state index >= 15 is 0 Å². The second-order valence-corrected chi connectivity index (χ2v) is 5.76. The molecular formula is C13H29IN4O2. The van der Waals surface area contributed by atoms with Crippen LogP contribution in [0.4, 0.5) is 0 Å². The lowest BCUT2D eigenvalue weighted by molar-refractivity contribution is -0.125. The third kappa shape index (κ3) is 8.57. The van der Waals surface area contributed by atoms with Gasteiger partial charge in [-0.25, -0.2) is 0 Å². The number of methoxy groups -OCH3 is 1. The van der Waals surface area contributed by atoms with Crippen molar-refractivity contribution in [2.45, 2.75) is 40.2 Å². The van der Waals surface area contributed by atoms with Crippen LogP contribution in [0.1, 0.15) is 34.6 Å². The normalized spacial score (nSPS) is 12.6. The number of ether oxygens (including phenoxy) is 1. The molecule has 0 radical (unpaired) electrons. The highest BCUT2D eigenvalue weighted by Gasteiger charge is 2.25. The topological polar surface area (TPSA) is 88.7 Å². The number of rotatable bonds is 7. The molecule has 1 amide bonds. The van der Waals surface area contributed by atoms with E-state index in [9.17, 15) is 4.79 Å². The first-order chi connectivity index (χ1) is 8.64. The Morgan fingerprint density at radius 3 is 2.20 bits per heavy atom. The molecule has 6 nitrogen and oxygen atoms in total. The van der Waals surface area contributed by atoms with Gasteiger partial charge < -0.3 is 21.1 Å². The number of primary amides is 1. The number of guanidine groups is 1. The monoisotopic (exact) mass is 400 g/mol. The standard InChI is InChI=1S/C13H28N4O2.HI/c1-7-15-11(17-9-13(4,5)19-6)16-8-12(2,3)10(14)18;/h7-9H2,1-6H3,(H2,14,18)(H2,15,16,17);1H. The first-order valence-electron chi connectivity index (χ1n) is 6.52. The van der Waals surface area contributed by atoms with Crippen LogP contribution in [0.2, 0.25) is 0 Å². The average Bonchev–Trinajstić information content (AvgIpc) is 2.32. The fourth-order valence-corrected chi connectivity index (χ4v) is 1.07. The SMILES string of the molecule is CCNC(=NCC(C)(C)OC)NCC(C)(C)C(N)=O.I. The van der Waals surface area contributed by atoms with Crippen LogP contribution in [0.5, 0.6) is 0 Å². The first kappa shape index (κ1) is 21.7. The summed E-state index contributed by atoms with van der Waals surface area (Å²) >= 11 is 0. The largest absolute Gasteiger partial charge is 0.377 e. The minimum atomic E-state index is -0.618. The Labute approximate surface area is 139 Å². The van der Waals surface area contributed by atoms with Crippen molar-refractivity contribution in [2.75, 3.05) is 26.7 Å². The van der Waals surface area contributed by atoms with Gasteiger partial charge in [-0.3, -0.25) is 9.79 Å². The Bertz CT molecular complexity index is 330. The Morgan fingerprint density at radius 1 is 1.25 bits per heavy atom. The fraction of sp³-hybridized carbons (Fsp3) is 0.846. The van der Waals surface area contributed by atoms with Crippen molar-refractivity contribution in [1.29, 1.82) is 0 Å². The van der Waals surface area contributed by atoms with E-state index in [2.05, 4.69) is 15.6 Å². The molecule has 0 aliphatic heterocycles. The molecule has 0 aromatic carbocycles. The number of nitrogens with zero attached hydrogens (tertiary/aromatic N) is 1. The number of aliphatic imine (C=N–C) groups is 1. The molecule has 0 aromatic heterocycles. The second-order valence-electron chi connectivity index (χ2n) is 5.76. The van der Waals surface area contributed by atoms with Crippen LogP contribution in [0.25, 0.3) is 0 Å². The zero-order valence-electron chi connectivity index (χ0n) is 13.4. The highest BCUT2D eigenvalue weighted by atomic mass is 127. The molecule has 0 rings (SSSR count). The van der Waals surface area contributed by atoms with Gasteiger partial charge in [-0.05, 0) is 34.6 Å². The molecule has 0 unspecified atom stereocenters. The number of amides is 1. The molecule has 0 heterocycles. The molecule has 0 spiro atoms. The number of nitrogens with one attached hydrogen (secondary N) is 2. The Kier molecular flexibility index (Phi) is 10.2. The van der Waals surface area contributed by atoms with Crippen LogP contribution in [-0.4, -0.2) is 44.2 Å². The van der Waals surface area contributed by atoms with E-state index in [1.165, 1.54) is 0 Å². The van der Waals surface area contributed by atoms with Crippen LogP contribution in [0, 0.1) is 5.41 Å². The van der Waals surface area contributed by atoms with Crippen molar-refractivity contribution in [1.82, 2.24) is 10.6 Å². The Morgan fingerprint density at radius 2 is 1.80 bits per heavy atom. The third-order valence-electron chi connectivity index (χ3n) is 2.88. The summed E-state index contributed by atoms with van der Waals surface area (Å²) in [5.74, 6) is 0.315. The molecule has 4 N–H and O–H groups in total. The maximum Gasteiger partial charge on any atom is 0.224 e. The zero-order valence-corrected chi connectivity index (χ0v) is 15.7. The molecule has 20 heavy (non-hydrogen) atoms. The molecule has 0 bridgehead atoms. The molecule has 0 fully saturated rings. The van der Waals surface area contributed by atoms with Crippen LogP contribution in [-0.2, 0) is 9.53 Å². The molecule has 120 valence electrons. The molecular weight excluding hydrogens is 371 g/mol. The van der Waals surface area contributed by atoms with Gasteiger partial charge in [0.2, 0.25) is 5.91 Å². The lowest BCUT2D eigenvalue weighted by Gasteiger charge is -2.24. The fourth-order valence-electron chi connectivity index (χ4n) is 1.07. The summed E-state index contributed by atoms with van der Waals surface area (Å²) in [6.07, 6.45) is 0. The smallest absolute Gasteiger partial charge is 0.224 e. The van der Waals surface area contributed by atoms with E-state index < -0.39 is 5.41 Å². The van der Waals surface area contributed by atoms with E-state index in [4.69, 9.17) is 10.5 Å². The van der Waals surface area contributed by atoms with Gasteiger partial charge in [-0.15, -0.1) is 24.0 Å². The number of hydrogen-bond acceptors (Lipinski definition) is 3. The quantitative estimate of drug-likeness (QED) is 0.339. The summed E-state index contributed by atoms with van der Waals surface area (Å²) < 4.78 is 5.31. The van der Waals surface area contributed by atoms with E-state index in [1.54, 1.807) is 21.0 Å². The van der Waals surface area contributed by atoms with Gasteiger partial charge >= 0.3 is 0 Å². The van der Waals surface area contributed by atoms with Crippen molar-refractivity contribution in [2.24, 2.45) is 16.1 Å². The number of hydrogen-bond donors (Lipinski definition) is 3. The Balaban J connectivity index is 0. The van der Waals surface area contributed by atoms with Gasteiger partial charge in [-0.2, -0.15) is 0 Å². The predicted molar refractivity (Wildman–Crippen MR) is 93.5 cm³/mol. The average molecular weight is 400 g/mol. The minimum Gasteiger partial charge on any atom is -0.377 e. The number of halogens is 1. The molecule has 7 heteroatoms. The second kappa shape index (κ2) is 9.38. The van der Waals surface area contributed by atoms with E-state index in [-0.39, 0.29) is 35.5 Å². The third-order valence-corrected chi connectivity index (χ3v) is 2.88. The minimum absolute atomic E-state index is 0. The number of carbonyl (C=O) groups is 1. The summed E-state index contributed by atoms with van der Waals surface area (Å²) in [7, 11) is 1.66. The van der Waals surface area contributed by atoms with Crippen LogP contribution >= 0.6 is 24.0 Å². The first-order valence-corrected chi connectivity index (χ1v) is 6.52.